The van der Waals surface area contributed by atoms with E-state index < -0.39 is 41.0 Å². The monoisotopic (exact) mass is 491 g/mol. The SMILES string of the molecule is CC(C)(C)OC(=O)C(CC(=O)C1CCC(F)(F)CC1)c1cn(C(=O)OC(C)(C)C)c2ccccc12. The zero-order valence-electron chi connectivity index (χ0n) is 21.3. The summed E-state index contributed by atoms with van der Waals surface area (Å²) in [6.07, 6.45) is 0.239. The van der Waals surface area contributed by atoms with Crippen LogP contribution in [0.1, 0.15) is 85.1 Å². The van der Waals surface area contributed by atoms with Gasteiger partial charge in [0.1, 0.15) is 17.0 Å². The number of carbonyl (C=O) groups is 3. The molecular formula is C27H35F2NO5. The van der Waals surface area contributed by atoms with Gasteiger partial charge in [-0.05, 0) is 66.0 Å². The number of aromatic nitrogens is 1. The Morgan fingerprint density at radius 3 is 2.14 bits per heavy atom. The number of fused-ring (bicyclic) bond motifs is 1. The molecule has 0 saturated heterocycles. The van der Waals surface area contributed by atoms with Gasteiger partial charge < -0.3 is 9.47 Å². The van der Waals surface area contributed by atoms with E-state index in [2.05, 4.69) is 0 Å². The van der Waals surface area contributed by atoms with Crippen molar-refractivity contribution in [2.24, 2.45) is 5.92 Å². The minimum absolute atomic E-state index is 0.0898. The third-order valence-corrected chi connectivity index (χ3v) is 5.98. The van der Waals surface area contributed by atoms with Crippen molar-refractivity contribution in [1.29, 1.82) is 0 Å². The Bertz CT molecular complexity index is 1100. The summed E-state index contributed by atoms with van der Waals surface area (Å²) >= 11 is 0. The van der Waals surface area contributed by atoms with Gasteiger partial charge in [0.25, 0.3) is 0 Å². The average Bonchev–Trinajstić information content (AvgIpc) is 3.09. The Kier molecular flexibility index (Phi) is 7.44. The molecule has 2 aromatic rings. The van der Waals surface area contributed by atoms with Gasteiger partial charge in [-0.3, -0.25) is 14.2 Å². The van der Waals surface area contributed by atoms with Crippen LogP contribution in [0.3, 0.4) is 0 Å². The van der Waals surface area contributed by atoms with Gasteiger partial charge in [-0.15, -0.1) is 0 Å². The molecule has 0 spiro atoms. The van der Waals surface area contributed by atoms with Gasteiger partial charge in [-0.1, -0.05) is 18.2 Å². The van der Waals surface area contributed by atoms with Gasteiger partial charge in [0.05, 0.1) is 11.4 Å². The van der Waals surface area contributed by atoms with Crippen molar-refractivity contribution in [2.75, 3.05) is 0 Å². The molecule has 1 aliphatic rings. The van der Waals surface area contributed by atoms with Crippen LogP contribution >= 0.6 is 0 Å². The zero-order chi connectivity index (χ0) is 26.2. The average molecular weight is 492 g/mol. The maximum Gasteiger partial charge on any atom is 0.419 e. The highest BCUT2D eigenvalue weighted by atomic mass is 19.3. The quantitative estimate of drug-likeness (QED) is 0.439. The van der Waals surface area contributed by atoms with E-state index >= 15 is 0 Å². The van der Waals surface area contributed by atoms with E-state index in [1.54, 1.807) is 65.8 Å². The Morgan fingerprint density at radius 2 is 1.57 bits per heavy atom. The van der Waals surface area contributed by atoms with E-state index in [0.29, 0.717) is 16.5 Å². The third-order valence-electron chi connectivity index (χ3n) is 5.98. The number of halogens is 2. The van der Waals surface area contributed by atoms with Crippen molar-refractivity contribution in [3.8, 4) is 0 Å². The summed E-state index contributed by atoms with van der Waals surface area (Å²) in [5, 5.41) is 0.622. The van der Waals surface area contributed by atoms with Gasteiger partial charge >= 0.3 is 12.1 Å². The lowest BCUT2D eigenvalue weighted by molar-refractivity contribution is -0.158. The lowest BCUT2D eigenvalue weighted by Gasteiger charge is -2.29. The van der Waals surface area contributed by atoms with E-state index in [-0.39, 0.29) is 37.9 Å². The summed E-state index contributed by atoms with van der Waals surface area (Å²) in [5.74, 6) is -5.11. The molecular weight excluding hydrogens is 456 g/mol. The number of hydrogen-bond acceptors (Lipinski definition) is 5. The number of Topliss-reactive ketones (excluding diaryl/α,β-unsaturated/α-hetero) is 1. The highest BCUT2D eigenvalue weighted by Gasteiger charge is 2.39. The molecule has 1 heterocycles. The Hall–Kier alpha value is -2.77. The summed E-state index contributed by atoms with van der Waals surface area (Å²) in [6, 6.07) is 7.06. The second-order valence-electron chi connectivity index (χ2n) is 11.3. The zero-order valence-corrected chi connectivity index (χ0v) is 21.3. The van der Waals surface area contributed by atoms with Crippen LogP contribution in [0, 0.1) is 5.92 Å². The number of carbonyl (C=O) groups excluding carboxylic acids is 3. The van der Waals surface area contributed by atoms with Gasteiger partial charge in [-0.2, -0.15) is 0 Å². The number of ketones is 1. The number of ether oxygens (including phenoxy) is 2. The van der Waals surface area contributed by atoms with Crippen LogP contribution < -0.4 is 0 Å². The minimum atomic E-state index is -2.75. The summed E-state index contributed by atoms with van der Waals surface area (Å²) in [5.41, 5.74) is -0.522. The molecule has 1 aromatic heterocycles. The van der Waals surface area contributed by atoms with Crippen molar-refractivity contribution in [3.63, 3.8) is 0 Å². The summed E-state index contributed by atoms with van der Waals surface area (Å²) in [7, 11) is 0. The predicted octanol–water partition coefficient (Wildman–Crippen LogP) is 6.63. The molecule has 35 heavy (non-hydrogen) atoms. The maximum absolute atomic E-state index is 13.6. The number of hydrogen-bond donors (Lipinski definition) is 0. The van der Waals surface area contributed by atoms with Crippen LogP contribution in [0.15, 0.2) is 30.5 Å². The van der Waals surface area contributed by atoms with Gasteiger partial charge in [0, 0.05) is 36.8 Å². The molecule has 1 atom stereocenters. The standard InChI is InChI=1S/C27H35F2NO5/c1-25(2,3)34-23(32)19(15-22(31)17-11-13-27(28,29)14-12-17)20-16-30(24(33)35-26(4,5)6)21-10-8-7-9-18(20)21/h7-10,16-17,19H,11-15H2,1-6H3. The molecule has 1 unspecified atom stereocenters. The van der Waals surface area contributed by atoms with Crippen molar-refractivity contribution in [1.82, 2.24) is 4.57 Å². The third kappa shape index (κ3) is 6.89. The van der Waals surface area contributed by atoms with Crippen LogP contribution in [-0.4, -0.2) is 39.5 Å². The lowest BCUT2D eigenvalue weighted by Crippen LogP contribution is -2.32. The fraction of sp³-hybridized carbons (Fsp3) is 0.593. The second kappa shape index (κ2) is 9.70. The summed E-state index contributed by atoms with van der Waals surface area (Å²) in [6.45, 7) is 10.5. The summed E-state index contributed by atoms with van der Waals surface area (Å²) in [4.78, 5) is 39.4. The van der Waals surface area contributed by atoms with Crippen molar-refractivity contribution < 1.29 is 32.6 Å². The number of nitrogens with zero attached hydrogens (tertiary/aromatic N) is 1. The molecule has 0 radical (unpaired) electrons. The summed E-state index contributed by atoms with van der Waals surface area (Å²) < 4.78 is 39.7. The van der Waals surface area contributed by atoms with Crippen LogP contribution in [0.2, 0.25) is 0 Å². The molecule has 6 nitrogen and oxygen atoms in total. The van der Waals surface area contributed by atoms with Crippen molar-refractivity contribution in [2.45, 2.75) is 96.7 Å². The normalized spacial score (nSPS) is 17.7. The number of alkyl halides is 2. The molecule has 0 bridgehead atoms. The van der Waals surface area contributed by atoms with Crippen LogP contribution in [0.4, 0.5) is 13.6 Å². The molecule has 3 rings (SSSR count). The number of benzene rings is 1. The highest BCUT2D eigenvalue weighted by molar-refractivity contribution is 5.97. The van der Waals surface area contributed by atoms with Crippen LogP contribution in [0.5, 0.6) is 0 Å². The van der Waals surface area contributed by atoms with Gasteiger partial charge in [-0.25, -0.2) is 13.6 Å². The number of esters is 1. The molecule has 1 fully saturated rings. The molecule has 1 aromatic carbocycles. The predicted molar refractivity (Wildman–Crippen MR) is 129 cm³/mol. The molecule has 8 heteroatoms. The first-order chi connectivity index (χ1) is 16.1. The molecule has 0 aliphatic heterocycles. The van der Waals surface area contributed by atoms with E-state index in [1.807, 2.05) is 0 Å². The van der Waals surface area contributed by atoms with Gasteiger partial charge in [0.2, 0.25) is 5.92 Å². The van der Waals surface area contributed by atoms with Crippen LogP contribution in [0.25, 0.3) is 10.9 Å². The Balaban J connectivity index is 2.00. The van der Waals surface area contributed by atoms with E-state index in [1.165, 1.54) is 10.8 Å². The fourth-order valence-corrected chi connectivity index (χ4v) is 4.37. The van der Waals surface area contributed by atoms with E-state index in [0.717, 1.165) is 0 Å². The maximum atomic E-state index is 13.6. The van der Waals surface area contributed by atoms with Gasteiger partial charge in [0.15, 0.2) is 0 Å². The first-order valence-electron chi connectivity index (χ1n) is 12.0. The topological polar surface area (TPSA) is 74.6 Å². The molecule has 192 valence electrons. The fourth-order valence-electron chi connectivity index (χ4n) is 4.37. The van der Waals surface area contributed by atoms with E-state index in [9.17, 15) is 23.2 Å². The van der Waals surface area contributed by atoms with Crippen LogP contribution in [-0.2, 0) is 19.1 Å². The van der Waals surface area contributed by atoms with Crippen molar-refractivity contribution >= 4 is 28.7 Å². The molecule has 0 N–H and O–H groups in total. The smallest absolute Gasteiger partial charge is 0.419 e. The van der Waals surface area contributed by atoms with Crippen molar-refractivity contribution in [3.05, 3.63) is 36.0 Å². The minimum Gasteiger partial charge on any atom is -0.459 e. The lowest BCUT2D eigenvalue weighted by atomic mass is 9.80. The number of rotatable bonds is 5. The largest absolute Gasteiger partial charge is 0.459 e. The number of para-hydroxylation sites is 1. The molecule has 0 amide bonds. The second-order valence-corrected chi connectivity index (χ2v) is 11.3. The first kappa shape index (κ1) is 26.8. The highest BCUT2D eigenvalue weighted by Crippen LogP contribution is 2.39. The Labute approximate surface area is 205 Å². The van der Waals surface area contributed by atoms with E-state index in [4.69, 9.17) is 9.47 Å². The molecule has 1 aliphatic carbocycles. The molecule has 1 saturated carbocycles. The first-order valence-corrected chi connectivity index (χ1v) is 12.0. The Morgan fingerprint density at radius 1 is 1.00 bits per heavy atom.